The van der Waals surface area contributed by atoms with Crippen molar-refractivity contribution >= 4 is 11.0 Å². The van der Waals surface area contributed by atoms with Gasteiger partial charge in [0.1, 0.15) is 0 Å². The Kier molecular flexibility index (Phi) is 6.78. The van der Waals surface area contributed by atoms with Crippen molar-refractivity contribution in [3.8, 4) is 0 Å². The Morgan fingerprint density at radius 3 is 2.38 bits per heavy atom. The third-order valence-corrected chi connectivity index (χ3v) is 9.12. The van der Waals surface area contributed by atoms with Crippen molar-refractivity contribution in [2.24, 2.45) is 5.92 Å². The van der Waals surface area contributed by atoms with Crippen LogP contribution in [-0.4, -0.2) is 32.6 Å². The first-order valence-electron chi connectivity index (χ1n) is 13.6. The molecule has 1 aromatic carbocycles. The van der Waals surface area contributed by atoms with E-state index in [-0.39, 0.29) is 5.69 Å². The first kappa shape index (κ1) is 22.3. The molecule has 0 radical (unpaired) electrons. The van der Waals surface area contributed by atoms with Crippen LogP contribution >= 0.6 is 0 Å². The zero-order valence-electron chi connectivity index (χ0n) is 20.2. The molecule has 1 aliphatic heterocycles. The van der Waals surface area contributed by atoms with Gasteiger partial charge in [0.25, 0.3) is 0 Å². The Morgan fingerprint density at radius 1 is 0.938 bits per heavy atom. The summed E-state index contributed by atoms with van der Waals surface area (Å²) in [5.74, 6) is 0.935. The SMILES string of the molecule is CC1CC(n2c(=O)[nH]c3ccccc32)CCN1C1(CC2CCCCC2)CCCCCCC1. The fourth-order valence-electron chi connectivity index (χ4n) is 7.62. The molecule has 32 heavy (non-hydrogen) atoms. The van der Waals surface area contributed by atoms with Crippen molar-refractivity contribution in [1.29, 1.82) is 0 Å². The number of nitrogens with zero attached hydrogens (tertiary/aromatic N) is 2. The summed E-state index contributed by atoms with van der Waals surface area (Å²) in [5, 5.41) is 0. The van der Waals surface area contributed by atoms with Crippen LogP contribution in [0, 0.1) is 5.92 Å². The summed E-state index contributed by atoms with van der Waals surface area (Å²) in [7, 11) is 0. The van der Waals surface area contributed by atoms with Crippen molar-refractivity contribution in [2.45, 2.75) is 121 Å². The molecule has 0 spiro atoms. The van der Waals surface area contributed by atoms with E-state index in [9.17, 15) is 4.79 Å². The van der Waals surface area contributed by atoms with Gasteiger partial charge >= 0.3 is 5.69 Å². The molecular formula is C28H43N3O. The zero-order valence-corrected chi connectivity index (χ0v) is 20.2. The predicted octanol–water partition coefficient (Wildman–Crippen LogP) is 6.81. The fourth-order valence-corrected chi connectivity index (χ4v) is 7.62. The molecule has 2 atom stereocenters. The highest BCUT2D eigenvalue weighted by Crippen LogP contribution is 2.44. The molecule has 3 aliphatic rings. The summed E-state index contributed by atoms with van der Waals surface area (Å²) in [6.45, 7) is 3.60. The summed E-state index contributed by atoms with van der Waals surface area (Å²) < 4.78 is 2.06. The van der Waals surface area contributed by atoms with E-state index in [4.69, 9.17) is 0 Å². The lowest BCUT2D eigenvalue weighted by Crippen LogP contribution is -2.57. The van der Waals surface area contributed by atoms with Gasteiger partial charge in [-0.2, -0.15) is 0 Å². The molecule has 176 valence electrons. The number of fused-ring (bicyclic) bond motifs is 1. The van der Waals surface area contributed by atoms with Crippen LogP contribution in [0.3, 0.4) is 0 Å². The molecule has 2 aromatic rings. The van der Waals surface area contributed by atoms with E-state index in [0.717, 1.165) is 36.3 Å². The van der Waals surface area contributed by atoms with Crippen LogP contribution in [-0.2, 0) is 0 Å². The Labute approximate surface area is 193 Å². The molecule has 0 bridgehead atoms. The number of nitrogens with one attached hydrogen (secondary N) is 1. The third kappa shape index (κ3) is 4.44. The van der Waals surface area contributed by atoms with Gasteiger partial charge in [-0.15, -0.1) is 0 Å². The smallest absolute Gasteiger partial charge is 0.306 e. The molecule has 1 aromatic heterocycles. The molecule has 4 nitrogen and oxygen atoms in total. The van der Waals surface area contributed by atoms with Crippen LogP contribution in [0.5, 0.6) is 0 Å². The van der Waals surface area contributed by atoms with Gasteiger partial charge in [-0.05, 0) is 57.1 Å². The van der Waals surface area contributed by atoms with Crippen molar-refractivity contribution in [3.63, 3.8) is 0 Å². The van der Waals surface area contributed by atoms with Gasteiger partial charge in [-0.1, -0.05) is 76.3 Å². The number of piperidine rings is 1. The van der Waals surface area contributed by atoms with Gasteiger partial charge in [0.05, 0.1) is 11.0 Å². The fraction of sp³-hybridized carbons (Fsp3) is 0.750. The highest BCUT2D eigenvalue weighted by atomic mass is 16.1. The summed E-state index contributed by atoms with van der Waals surface area (Å²) in [6.07, 6.45) is 20.7. The van der Waals surface area contributed by atoms with Crippen LogP contribution in [0.25, 0.3) is 11.0 Å². The standard InChI is InChI=1S/C28H43N3O/c1-22-20-24(31-26-15-9-8-14-25(26)29-27(31)32)16-19-30(22)28(17-10-3-2-4-11-18-28)21-23-12-6-5-7-13-23/h8-9,14-15,22-24H,2-7,10-13,16-21H2,1H3,(H,29,32). The quantitative estimate of drug-likeness (QED) is 0.571. The average molecular weight is 438 g/mol. The molecule has 2 aliphatic carbocycles. The van der Waals surface area contributed by atoms with Crippen molar-refractivity contribution in [1.82, 2.24) is 14.5 Å². The van der Waals surface area contributed by atoms with Crippen molar-refractivity contribution < 1.29 is 0 Å². The van der Waals surface area contributed by atoms with Crippen molar-refractivity contribution in [3.05, 3.63) is 34.7 Å². The number of hydrogen-bond donors (Lipinski definition) is 1. The Morgan fingerprint density at radius 2 is 1.62 bits per heavy atom. The maximum Gasteiger partial charge on any atom is 0.326 e. The Bertz CT molecular complexity index is 930. The molecule has 1 N–H and O–H groups in total. The number of aromatic nitrogens is 2. The number of rotatable bonds is 4. The molecule has 3 fully saturated rings. The number of para-hydroxylation sites is 2. The number of aromatic amines is 1. The van der Waals surface area contributed by atoms with E-state index in [0.29, 0.717) is 17.6 Å². The molecule has 2 heterocycles. The molecule has 4 heteroatoms. The van der Waals surface area contributed by atoms with E-state index >= 15 is 0 Å². The van der Waals surface area contributed by atoms with Crippen LogP contribution in [0.1, 0.15) is 109 Å². The van der Waals surface area contributed by atoms with Crippen LogP contribution in [0.4, 0.5) is 0 Å². The molecule has 2 saturated carbocycles. The lowest BCUT2D eigenvalue weighted by molar-refractivity contribution is -0.0253. The second-order valence-electron chi connectivity index (χ2n) is 11.2. The highest BCUT2D eigenvalue weighted by molar-refractivity contribution is 5.75. The van der Waals surface area contributed by atoms with Crippen LogP contribution in [0.2, 0.25) is 0 Å². The maximum absolute atomic E-state index is 12.8. The van der Waals surface area contributed by atoms with E-state index in [1.54, 1.807) is 0 Å². The van der Waals surface area contributed by atoms with E-state index in [2.05, 4.69) is 33.5 Å². The maximum atomic E-state index is 12.8. The Balaban J connectivity index is 1.38. The van der Waals surface area contributed by atoms with E-state index in [1.807, 2.05) is 12.1 Å². The molecule has 0 amide bonds. The molecular weight excluding hydrogens is 394 g/mol. The lowest BCUT2D eigenvalue weighted by atomic mass is 9.71. The second kappa shape index (κ2) is 9.75. The van der Waals surface area contributed by atoms with E-state index in [1.165, 1.54) is 83.5 Å². The minimum atomic E-state index is 0.0692. The van der Waals surface area contributed by atoms with Gasteiger partial charge < -0.3 is 4.98 Å². The number of H-pyrrole nitrogens is 1. The number of imidazole rings is 1. The summed E-state index contributed by atoms with van der Waals surface area (Å²) in [5.41, 5.74) is 2.52. The lowest BCUT2D eigenvalue weighted by Gasteiger charge is -2.53. The Hall–Kier alpha value is -1.55. The first-order chi connectivity index (χ1) is 15.7. The van der Waals surface area contributed by atoms with Crippen LogP contribution in [0.15, 0.2) is 29.1 Å². The van der Waals surface area contributed by atoms with Gasteiger partial charge in [-0.25, -0.2) is 4.79 Å². The number of benzene rings is 1. The van der Waals surface area contributed by atoms with Gasteiger partial charge in [0.15, 0.2) is 0 Å². The van der Waals surface area contributed by atoms with Gasteiger partial charge in [0, 0.05) is 24.2 Å². The number of hydrogen-bond acceptors (Lipinski definition) is 2. The summed E-state index contributed by atoms with van der Waals surface area (Å²) >= 11 is 0. The van der Waals surface area contributed by atoms with Gasteiger partial charge in [-0.3, -0.25) is 9.47 Å². The molecule has 5 rings (SSSR count). The predicted molar refractivity (Wildman–Crippen MR) is 133 cm³/mol. The normalized spacial score (nSPS) is 28.4. The number of likely N-dealkylation sites (tertiary alicyclic amines) is 1. The first-order valence-corrected chi connectivity index (χ1v) is 13.6. The van der Waals surface area contributed by atoms with Crippen LogP contribution < -0.4 is 5.69 Å². The summed E-state index contributed by atoms with van der Waals surface area (Å²) in [4.78, 5) is 18.9. The topological polar surface area (TPSA) is 41.0 Å². The largest absolute Gasteiger partial charge is 0.326 e. The molecule has 1 saturated heterocycles. The average Bonchev–Trinajstić information content (AvgIpc) is 3.12. The zero-order chi connectivity index (χ0) is 22.0. The molecule has 2 unspecified atom stereocenters. The monoisotopic (exact) mass is 437 g/mol. The third-order valence-electron chi connectivity index (χ3n) is 9.12. The minimum Gasteiger partial charge on any atom is -0.306 e. The summed E-state index contributed by atoms with van der Waals surface area (Å²) in [6, 6.07) is 9.04. The van der Waals surface area contributed by atoms with E-state index < -0.39 is 0 Å². The van der Waals surface area contributed by atoms with Crippen molar-refractivity contribution in [2.75, 3.05) is 6.54 Å². The second-order valence-corrected chi connectivity index (χ2v) is 11.2. The van der Waals surface area contributed by atoms with Gasteiger partial charge in [0.2, 0.25) is 0 Å². The highest BCUT2D eigenvalue weighted by Gasteiger charge is 2.43. The minimum absolute atomic E-state index is 0.0692.